The molecule has 4 rings (SSSR count). The quantitative estimate of drug-likeness (QED) is 0.557. The lowest BCUT2D eigenvalue weighted by Crippen LogP contribution is -2.16. The molecule has 0 unspecified atom stereocenters. The number of hydrogen-bond acceptors (Lipinski definition) is 4. The molecule has 2 aromatic carbocycles. The maximum absolute atomic E-state index is 12.9. The predicted octanol–water partition coefficient (Wildman–Crippen LogP) is 4.37. The zero-order valence-electron chi connectivity index (χ0n) is 15.1. The summed E-state index contributed by atoms with van der Waals surface area (Å²) in [5.41, 5.74) is 0.552. The van der Waals surface area contributed by atoms with Crippen molar-refractivity contribution in [2.45, 2.75) is 13.1 Å². The first-order valence-electron chi connectivity index (χ1n) is 8.59. The van der Waals surface area contributed by atoms with Crippen LogP contribution in [-0.4, -0.2) is 25.5 Å². The van der Waals surface area contributed by atoms with Crippen LogP contribution in [0.3, 0.4) is 0 Å². The van der Waals surface area contributed by atoms with Crippen molar-refractivity contribution in [3.8, 4) is 11.4 Å². The van der Waals surface area contributed by atoms with E-state index in [-0.39, 0.29) is 11.3 Å². The second kappa shape index (κ2) is 7.01. The van der Waals surface area contributed by atoms with Gasteiger partial charge in [-0.15, -0.1) is 5.10 Å². The van der Waals surface area contributed by atoms with Crippen LogP contribution in [0.1, 0.15) is 21.6 Å². The number of alkyl halides is 3. The molecule has 0 aliphatic rings. The summed E-state index contributed by atoms with van der Waals surface area (Å²) in [6, 6.07) is 13.7. The highest BCUT2D eigenvalue weighted by molar-refractivity contribution is 6.04. The van der Waals surface area contributed by atoms with Gasteiger partial charge in [-0.25, -0.2) is 9.50 Å². The van der Waals surface area contributed by atoms with Gasteiger partial charge in [0.1, 0.15) is 0 Å². The summed E-state index contributed by atoms with van der Waals surface area (Å²) in [5, 5.41) is 6.81. The van der Waals surface area contributed by atoms with Gasteiger partial charge in [-0.2, -0.15) is 18.2 Å². The monoisotopic (exact) mass is 397 g/mol. The van der Waals surface area contributed by atoms with Gasteiger partial charge in [0, 0.05) is 17.4 Å². The lowest BCUT2D eigenvalue weighted by Gasteiger charge is -2.10. The van der Waals surface area contributed by atoms with Gasteiger partial charge in [0.15, 0.2) is 5.82 Å². The molecular weight excluding hydrogens is 383 g/mol. The van der Waals surface area contributed by atoms with Crippen LogP contribution >= 0.6 is 0 Å². The van der Waals surface area contributed by atoms with Crippen molar-refractivity contribution in [1.29, 1.82) is 0 Å². The van der Waals surface area contributed by atoms with Crippen LogP contribution in [-0.2, 0) is 6.18 Å². The van der Waals surface area contributed by atoms with E-state index in [0.29, 0.717) is 17.3 Å². The molecule has 1 amide bonds. The second-order valence-electron chi connectivity index (χ2n) is 6.32. The number of hydrogen-bond donors (Lipinski definition) is 1. The first-order chi connectivity index (χ1) is 13.8. The maximum atomic E-state index is 12.9. The number of nitrogens with one attached hydrogen (secondary N) is 1. The van der Waals surface area contributed by atoms with Crippen molar-refractivity contribution in [3.63, 3.8) is 0 Å². The molecule has 0 aliphatic heterocycles. The van der Waals surface area contributed by atoms with Gasteiger partial charge in [0.05, 0.1) is 16.8 Å². The zero-order chi connectivity index (χ0) is 20.6. The molecule has 6 nitrogen and oxygen atoms in total. The smallest absolute Gasteiger partial charge is 0.322 e. The summed E-state index contributed by atoms with van der Waals surface area (Å²) in [4.78, 5) is 21.3. The number of aryl methyl sites for hydroxylation is 1. The number of benzene rings is 2. The largest absolute Gasteiger partial charge is 0.416 e. The number of nitrogens with zero attached hydrogens (tertiary/aromatic N) is 4. The molecule has 0 saturated carbocycles. The third-order valence-electron chi connectivity index (χ3n) is 4.25. The number of halogens is 3. The number of anilines is 1. The average Bonchev–Trinajstić information content (AvgIpc) is 3.10. The second-order valence-corrected chi connectivity index (χ2v) is 6.32. The van der Waals surface area contributed by atoms with E-state index in [4.69, 9.17) is 0 Å². The first-order valence-corrected chi connectivity index (χ1v) is 8.59. The fourth-order valence-electron chi connectivity index (χ4n) is 2.81. The Labute approximate surface area is 163 Å². The van der Waals surface area contributed by atoms with E-state index in [1.54, 1.807) is 6.92 Å². The Balaban J connectivity index is 1.65. The first kappa shape index (κ1) is 18.6. The molecule has 0 radical (unpaired) electrons. The van der Waals surface area contributed by atoms with E-state index >= 15 is 0 Å². The van der Waals surface area contributed by atoms with Gasteiger partial charge in [-0.05, 0) is 25.1 Å². The van der Waals surface area contributed by atoms with E-state index in [1.165, 1.54) is 22.8 Å². The Morgan fingerprint density at radius 3 is 2.52 bits per heavy atom. The van der Waals surface area contributed by atoms with E-state index in [1.807, 2.05) is 30.3 Å². The van der Waals surface area contributed by atoms with Gasteiger partial charge in [0.25, 0.3) is 11.7 Å². The van der Waals surface area contributed by atoms with Crippen LogP contribution in [0.25, 0.3) is 17.2 Å². The number of rotatable bonds is 3. The number of amides is 1. The third kappa shape index (κ3) is 3.79. The number of carbonyl (C=O) groups excluding carboxylic acids is 1. The topological polar surface area (TPSA) is 72.2 Å². The molecule has 29 heavy (non-hydrogen) atoms. The highest BCUT2D eigenvalue weighted by Crippen LogP contribution is 2.30. The van der Waals surface area contributed by atoms with Crippen molar-refractivity contribution in [2.24, 2.45) is 0 Å². The normalized spacial score (nSPS) is 11.6. The summed E-state index contributed by atoms with van der Waals surface area (Å²) in [6.07, 6.45) is -3.04. The SMILES string of the molecule is Cc1nc2nc(-c3ccccc3)nn2cc1C(=O)Nc1cccc(C(F)(F)F)c1. The summed E-state index contributed by atoms with van der Waals surface area (Å²) >= 11 is 0. The Morgan fingerprint density at radius 1 is 1.03 bits per heavy atom. The Hall–Kier alpha value is -3.75. The minimum absolute atomic E-state index is 0.0351. The van der Waals surface area contributed by atoms with Crippen molar-refractivity contribution < 1.29 is 18.0 Å². The predicted molar refractivity (Wildman–Crippen MR) is 100 cm³/mol. The van der Waals surface area contributed by atoms with E-state index in [9.17, 15) is 18.0 Å². The lowest BCUT2D eigenvalue weighted by molar-refractivity contribution is -0.137. The molecule has 2 aromatic heterocycles. The zero-order valence-corrected chi connectivity index (χ0v) is 15.1. The fraction of sp³-hybridized carbons (Fsp3) is 0.100. The molecule has 0 saturated heterocycles. The van der Waals surface area contributed by atoms with Crippen LogP contribution in [0.4, 0.5) is 18.9 Å². The molecule has 0 atom stereocenters. The molecule has 0 spiro atoms. The molecule has 1 N–H and O–H groups in total. The van der Waals surface area contributed by atoms with Gasteiger partial charge in [-0.3, -0.25) is 4.79 Å². The summed E-state index contributed by atoms with van der Waals surface area (Å²) in [5.74, 6) is 0.179. The van der Waals surface area contributed by atoms with Crippen LogP contribution < -0.4 is 5.32 Å². The van der Waals surface area contributed by atoms with Crippen LogP contribution in [0.15, 0.2) is 60.8 Å². The van der Waals surface area contributed by atoms with Crippen molar-refractivity contribution >= 4 is 17.4 Å². The van der Waals surface area contributed by atoms with E-state index < -0.39 is 17.6 Å². The van der Waals surface area contributed by atoms with Gasteiger partial charge in [0.2, 0.25) is 0 Å². The highest BCUT2D eigenvalue weighted by Gasteiger charge is 2.30. The lowest BCUT2D eigenvalue weighted by atomic mass is 10.1. The highest BCUT2D eigenvalue weighted by atomic mass is 19.4. The van der Waals surface area contributed by atoms with Gasteiger partial charge in [-0.1, -0.05) is 36.4 Å². The van der Waals surface area contributed by atoms with E-state index in [0.717, 1.165) is 17.7 Å². The Kier molecular flexibility index (Phi) is 4.50. The number of carbonyl (C=O) groups is 1. The summed E-state index contributed by atoms with van der Waals surface area (Å²) in [7, 11) is 0. The molecule has 0 bridgehead atoms. The van der Waals surface area contributed by atoms with Crippen molar-refractivity contribution in [1.82, 2.24) is 19.6 Å². The number of fused-ring (bicyclic) bond motifs is 1. The molecule has 4 aromatic rings. The van der Waals surface area contributed by atoms with Crippen LogP contribution in [0.2, 0.25) is 0 Å². The maximum Gasteiger partial charge on any atom is 0.416 e. The third-order valence-corrected chi connectivity index (χ3v) is 4.25. The molecule has 0 fully saturated rings. The fourth-order valence-corrected chi connectivity index (χ4v) is 2.81. The average molecular weight is 397 g/mol. The summed E-state index contributed by atoms with van der Waals surface area (Å²) < 4.78 is 40.0. The van der Waals surface area contributed by atoms with Crippen LogP contribution in [0.5, 0.6) is 0 Å². The molecule has 9 heteroatoms. The van der Waals surface area contributed by atoms with Crippen LogP contribution in [0, 0.1) is 6.92 Å². The minimum atomic E-state index is -4.49. The molecule has 146 valence electrons. The summed E-state index contributed by atoms with van der Waals surface area (Å²) in [6.45, 7) is 1.62. The standard InChI is InChI=1S/C20H14F3N5O/c1-12-16(18(29)25-15-9-5-8-14(10-15)20(21,22)23)11-28-19(24-12)26-17(27-28)13-6-3-2-4-7-13/h2-11H,1H3,(H,25,29). The molecular formula is C20H14F3N5O. The molecule has 2 heterocycles. The number of aromatic nitrogens is 4. The van der Waals surface area contributed by atoms with Crippen molar-refractivity contribution in [2.75, 3.05) is 5.32 Å². The van der Waals surface area contributed by atoms with Crippen molar-refractivity contribution in [3.05, 3.63) is 77.6 Å². The minimum Gasteiger partial charge on any atom is -0.322 e. The Bertz CT molecular complexity index is 1200. The Morgan fingerprint density at radius 2 is 1.79 bits per heavy atom. The van der Waals surface area contributed by atoms with Gasteiger partial charge >= 0.3 is 6.18 Å². The van der Waals surface area contributed by atoms with E-state index in [2.05, 4.69) is 20.4 Å². The molecule has 0 aliphatic carbocycles. The van der Waals surface area contributed by atoms with Gasteiger partial charge < -0.3 is 5.32 Å².